The highest BCUT2D eigenvalue weighted by atomic mass is 35.5. The highest BCUT2D eigenvalue weighted by Gasteiger charge is 1.96. The average Bonchev–Trinajstić information content (AvgIpc) is 2.03. The highest BCUT2D eigenvalue weighted by Crippen LogP contribution is 1.98. The molecule has 0 atom stereocenters. The van der Waals surface area contributed by atoms with Crippen LogP contribution in [0, 0.1) is 0 Å². The molecule has 0 saturated carbocycles. The summed E-state index contributed by atoms with van der Waals surface area (Å²) in [5.41, 5.74) is 11.6. The van der Waals surface area contributed by atoms with E-state index >= 15 is 0 Å². The van der Waals surface area contributed by atoms with Crippen LogP contribution in [0.25, 0.3) is 0 Å². The Morgan fingerprint density at radius 1 is 1.23 bits per heavy atom. The maximum absolute atomic E-state index is 10.3. The monoisotopic (exact) mass is 208 g/mol. The maximum atomic E-state index is 10.3. The summed E-state index contributed by atoms with van der Waals surface area (Å²) in [6.07, 6.45) is 1.10. The van der Waals surface area contributed by atoms with Gasteiger partial charge in [0.15, 0.2) is 0 Å². The van der Waals surface area contributed by atoms with E-state index in [1.54, 1.807) is 6.92 Å². The number of allylic oxidation sites excluding steroid dienone is 1. The van der Waals surface area contributed by atoms with Crippen LogP contribution in [0.15, 0.2) is 11.1 Å². The fourth-order valence-electron chi connectivity index (χ4n) is 0.246. The lowest BCUT2D eigenvalue weighted by atomic mass is 10.2. The van der Waals surface area contributed by atoms with Crippen molar-refractivity contribution in [2.45, 2.75) is 34.1 Å². The van der Waals surface area contributed by atoms with Gasteiger partial charge in [0.1, 0.15) is 0 Å². The Morgan fingerprint density at radius 2 is 1.54 bits per heavy atom. The van der Waals surface area contributed by atoms with Crippen molar-refractivity contribution in [3.63, 3.8) is 0 Å². The molecule has 0 fully saturated rings. The van der Waals surface area contributed by atoms with Gasteiger partial charge in [-0.3, -0.25) is 4.79 Å². The second-order valence-electron chi connectivity index (χ2n) is 2.78. The molecule has 0 aromatic rings. The van der Waals surface area contributed by atoms with Gasteiger partial charge in [-0.15, -0.1) is 12.4 Å². The van der Waals surface area contributed by atoms with Crippen LogP contribution in [0.5, 0.6) is 0 Å². The summed E-state index contributed by atoms with van der Waals surface area (Å²) in [4.78, 5) is 10.3. The fraction of sp³-hybridized carbons (Fsp3) is 0.667. The van der Waals surface area contributed by atoms with Gasteiger partial charge < -0.3 is 11.5 Å². The molecule has 13 heavy (non-hydrogen) atoms. The van der Waals surface area contributed by atoms with E-state index in [1.807, 2.05) is 13.8 Å². The van der Waals surface area contributed by atoms with Crippen LogP contribution >= 0.6 is 12.4 Å². The van der Waals surface area contributed by atoms with Crippen molar-refractivity contribution in [1.82, 2.24) is 0 Å². The van der Waals surface area contributed by atoms with Crippen molar-refractivity contribution >= 4 is 18.3 Å². The lowest BCUT2D eigenvalue weighted by Crippen LogP contribution is -2.12. The quantitative estimate of drug-likeness (QED) is 0.677. The molecule has 4 N–H and O–H groups in total. The maximum Gasteiger partial charge on any atom is 0.244 e. The van der Waals surface area contributed by atoms with Crippen LogP contribution in [0.1, 0.15) is 34.1 Å². The highest BCUT2D eigenvalue weighted by molar-refractivity contribution is 5.91. The number of nitrogens with two attached hydrogens (primary N) is 2. The summed E-state index contributed by atoms with van der Waals surface area (Å²) in [5, 5.41) is 0. The smallest absolute Gasteiger partial charge is 0.244 e. The molecule has 3 nitrogen and oxygen atoms in total. The molecule has 0 aromatic carbocycles. The molecule has 0 saturated heterocycles. The van der Waals surface area contributed by atoms with Crippen molar-refractivity contribution in [2.24, 2.45) is 11.5 Å². The van der Waals surface area contributed by atoms with Gasteiger partial charge >= 0.3 is 0 Å². The lowest BCUT2D eigenvalue weighted by molar-refractivity contribution is -0.114. The molecule has 0 aliphatic carbocycles. The molecule has 0 heterocycles. The minimum Gasteiger partial charge on any atom is -0.366 e. The van der Waals surface area contributed by atoms with E-state index in [1.165, 1.54) is 0 Å². The van der Waals surface area contributed by atoms with Gasteiger partial charge in [-0.25, -0.2) is 0 Å². The number of carbonyl (C=O) groups excluding carboxylic acids is 1. The van der Waals surface area contributed by atoms with Crippen LogP contribution in [-0.2, 0) is 4.79 Å². The Kier molecular flexibility index (Phi) is 16.1. The Morgan fingerprint density at radius 3 is 1.54 bits per heavy atom. The third kappa shape index (κ3) is 14.3. The molecule has 0 radical (unpaired) electrons. The zero-order valence-corrected chi connectivity index (χ0v) is 9.70. The molecule has 0 aromatic heterocycles. The summed E-state index contributed by atoms with van der Waals surface area (Å²) < 4.78 is 0. The fourth-order valence-corrected chi connectivity index (χ4v) is 0.246. The number of halogens is 1. The van der Waals surface area contributed by atoms with E-state index in [9.17, 15) is 4.79 Å². The van der Waals surface area contributed by atoms with Crippen molar-refractivity contribution < 1.29 is 4.79 Å². The van der Waals surface area contributed by atoms with E-state index in [0.29, 0.717) is 5.57 Å². The number of amides is 1. The van der Waals surface area contributed by atoms with Crippen LogP contribution in [0.4, 0.5) is 0 Å². The second kappa shape index (κ2) is 11.5. The average molecular weight is 209 g/mol. The number of rotatable bonds is 2. The van der Waals surface area contributed by atoms with Crippen LogP contribution in [0.2, 0.25) is 0 Å². The van der Waals surface area contributed by atoms with Gasteiger partial charge in [-0.2, -0.15) is 0 Å². The van der Waals surface area contributed by atoms with Gasteiger partial charge in [0.2, 0.25) is 5.91 Å². The molecule has 0 rings (SSSR count). The second-order valence-corrected chi connectivity index (χ2v) is 2.78. The number of hydrogen-bond donors (Lipinski definition) is 2. The summed E-state index contributed by atoms with van der Waals surface area (Å²) >= 11 is 0. The van der Waals surface area contributed by atoms with E-state index in [0.717, 1.165) is 18.5 Å². The van der Waals surface area contributed by atoms with Crippen molar-refractivity contribution in [2.75, 3.05) is 6.54 Å². The Bertz CT molecular complexity index is 161. The zero-order valence-electron chi connectivity index (χ0n) is 8.89. The molecular formula is C9H21ClN2O. The predicted molar refractivity (Wildman–Crippen MR) is 59.8 cm³/mol. The largest absolute Gasteiger partial charge is 0.366 e. The normalized spacial score (nSPS) is 7.46. The SMILES string of the molecule is CC(C)=C(C)C(N)=O.CCCN.Cl. The standard InChI is InChI=1S/C6H11NO.C3H9N.ClH/c1-4(2)5(3)6(7)8;1-2-3-4;/h1-3H3,(H2,7,8);2-4H2,1H3;1H. The third-order valence-corrected chi connectivity index (χ3v) is 1.41. The van der Waals surface area contributed by atoms with Gasteiger partial charge in [0.25, 0.3) is 0 Å². The number of primary amides is 1. The summed E-state index contributed by atoms with van der Waals surface area (Å²) in [6, 6.07) is 0. The Labute approximate surface area is 87.0 Å². The van der Waals surface area contributed by atoms with Crippen LogP contribution < -0.4 is 11.5 Å². The Hall–Kier alpha value is -0.540. The molecule has 0 aliphatic heterocycles. The molecule has 0 aliphatic rings. The van der Waals surface area contributed by atoms with Crippen molar-refractivity contribution in [1.29, 1.82) is 0 Å². The van der Waals surface area contributed by atoms with Crippen molar-refractivity contribution in [3.8, 4) is 0 Å². The number of carbonyl (C=O) groups is 1. The van der Waals surface area contributed by atoms with Crippen LogP contribution in [0.3, 0.4) is 0 Å². The van der Waals surface area contributed by atoms with E-state index in [-0.39, 0.29) is 18.3 Å². The van der Waals surface area contributed by atoms with E-state index < -0.39 is 0 Å². The van der Waals surface area contributed by atoms with Gasteiger partial charge in [-0.1, -0.05) is 12.5 Å². The first-order chi connectivity index (χ1) is 5.47. The topological polar surface area (TPSA) is 69.1 Å². The third-order valence-electron chi connectivity index (χ3n) is 1.41. The molecule has 0 unspecified atom stereocenters. The molecular weight excluding hydrogens is 188 g/mol. The van der Waals surface area contributed by atoms with Gasteiger partial charge in [-0.05, 0) is 33.7 Å². The molecule has 80 valence electrons. The first kappa shape index (κ1) is 18.3. The summed E-state index contributed by atoms with van der Waals surface area (Å²) in [6.45, 7) is 8.32. The van der Waals surface area contributed by atoms with E-state index in [2.05, 4.69) is 6.92 Å². The first-order valence-corrected chi connectivity index (χ1v) is 4.11. The zero-order chi connectivity index (χ0) is 10.1. The minimum absolute atomic E-state index is 0. The van der Waals surface area contributed by atoms with E-state index in [4.69, 9.17) is 11.5 Å². The lowest BCUT2D eigenvalue weighted by Gasteiger charge is -1.93. The first-order valence-electron chi connectivity index (χ1n) is 4.11. The van der Waals surface area contributed by atoms with Gasteiger partial charge in [0.05, 0.1) is 0 Å². The summed E-state index contributed by atoms with van der Waals surface area (Å²) in [5.74, 6) is -0.329. The van der Waals surface area contributed by atoms with Crippen LogP contribution in [-0.4, -0.2) is 12.5 Å². The van der Waals surface area contributed by atoms with Gasteiger partial charge in [0, 0.05) is 5.57 Å². The molecule has 0 spiro atoms. The number of hydrogen-bond acceptors (Lipinski definition) is 2. The predicted octanol–water partition coefficient (Wildman–Crippen LogP) is 1.60. The van der Waals surface area contributed by atoms with Crippen molar-refractivity contribution in [3.05, 3.63) is 11.1 Å². The molecule has 1 amide bonds. The molecule has 4 heteroatoms. The Balaban J connectivity index is -0.000000173. The summed E-state index contributed by atoms with van der Waals surface area (Å²) in [7, 11) is 0. The molecule has 0 bridgehead atoms. The minimum atomic E-state index is -0.329.